The first kappa shape index (κ1) is 49.6. The second-order valence-electron chi connectivity index (χ2n) is 19.3. The molecule has 0 bridgehead atoms. The minimum absolute atomic E-state index is 0.302. The Labute approximate surface area is 469 Å². The lowest BCUT2D eigenvalue weighted by molar-refractivity contribution is 1.13. The van der Waals surface area contributed by atoms with Gasteiger partial charge in [0.05, 0.1) is 118 Å². The summed E-state index contributed by atoms with van der Waals surface area (Å²) in [5.41, 5.74) is 14.1. The molecule has 0 fully saturated rings. The van der Waals surface area contributed by atoms with E-state index in [0.29, 0.717) is 101 Å². The molecule has 0 amide bonds. The molecule has 12 heteroatoms. The summed E-state index contributed by atoms with van der Waals surface area (Å²) in [5.74, 6) is 0. The second kappa shape index (κ2) is 20.0. The summed E-state index contributed by atoms with van der Waals surface area (Å²) in [7, 11) is 0. The van der Waals surface area contributed by atoms with Crippen LogP contribution in [0.4, 0.5) is 22.7 Å². The second-order valence-corrected chi connectivity index (χ2v) is 19.3. The predicted molar refractivity (Wildman–Crippen MR) is 316 cm³/mol. The van der Waals surface area contributed by atoms with Crippen molar-refractivity contribution >= 4 is 66.4 Å². The fraction of sp³-hybridized carbons (Fsp3) is 0. The van der Waals surface area contributed by atoms with E-state index >= 15 is 0 Å². The minimum Gasteiger partial charge on any atom is -0.308 e. The number of nitrogens with zero attached hydrogens (tertiary/aromatic N) is 12. The molecule has 2 aromatic heterocycles. The predicted octanol–water partition coefficient (Wildman–Crippen LogP) is 17.6. The number of fused-ring (bicyclic) bond motifs is 6. The number of rotatable bonds is 7. The van der Waals surface area contributed by atoms with Crippen molar-refractivity contribution in [2.45, 2.75) is 0 Å². The van der Waals surface area contributed by atoms with Gasteiger partial charge >= 0.3 is 0 Å². The third kappa shape index (κ3) is 8.44. The lowest BCUT2D eigenvalue weighted by Gasteiger charge is -2.21. The fourth-order valence-corrected chi connectivity index (χ4v) is 11.0. The fourth-order valence-electron chi connectivity index (χ4n) is 11.0. The Kier molecular flexibility index (Phi) is 12.1. The smallest absolute Gasteiger partial charge is 0.189 e. The highest BCUT2D eigenvalue weighted by Crippen LogP contribution is 2.46. The summed E-state index contributed by atoms with van der Waals surface area (Å²) >= 11 is 0. The Morgan fingerprint density at radius 2 is 0.573 bits per heavy atom. The van der Waals surface area contributed by atoms with E-state index in [2.05, 4.69) is 64.9 Å². The lowest BCUT2D eigenvalue weighted by Crippen LogP contribution is -2.05. The summed E-state index contributed by atoms with van der Waals surface area (Å²) in [6, 6.07) is 68.1. The minimum atomic E-state index is 0.302. The maximum atomic E-state index is 11.2. The molecule has 0 unspecified atom stereocenters. The molecule has 0 saturated heterocycles. The quantitative estimate of drug-likeness (QED) is 0.144. The van der Waals surface area contributed by atoms with Crippen molar-refractivity contribution in [2.75, 3.05) is 0 Å². The Hall–Kier alpha value is -13.3. The van der Waals surface area contributed by atoms with Crippen LogP contribution in [0.5, 0.6) is 0 Å². The Balaban J connectivity index is 1.21. The molecule has 0 radical (unpaired) electrons. The van der Waals surface area contributed by atoms with E-state index in [1.807, 2.05) is 103 Å². The third-order valence-electron chi connectivity index (χ3n) is 14.6. The van der Waals surface area contributed by atoms with E-state index in [-0.39, 0.29) is 0 Å². The van der Waals surface area contributed by atoms with Crippen LogP contribution in [0.1, 0.15) is 33.4 Å². The summed E-state index contributed by atoms with van der Waals surface area (Å²) in [6.45, 7) is 31.3. The van der Waals surface area contributed by atoms with Crippen molar-refractivity contribution < 1.29 is 0 Å². The highest BCUT2D eigenvalue weighted by atomic mass is 15.0. The molecule has 370 valence electrons. The molecule has 2 heterocycles. The third-order valence-corrected chi connectivity index (χ3v) is 14.6. The average molecular weight is 1040 g/mol. The zero-order valence-corrected chi connectivity index (χ0v) is 42.7. The van der Waals surface area contributed by atoms with Gasteiger partial charge in [0.1, 0.15) is 0 Å². The maximum absolute atomic E-state index is 11.2. The van der Waals surface area contributed by atoms with E-state index in [0.717, 1.165) is 65.9 Å². The van der Waals surface area contributed by atoms with E-state index in [1.54, 1.807) is 72.8 Å². The van der Waals surface area contributed by atoms with Gasteiger partial charge in [-0.3, -0.25) is 0 Å². The molecule has 0 N–H and O–H groups in total. The maximum Gasteiger partial charge on any atom is 0.189 e. The van der Waals surface area contributed by atoms with Crippen LogP contribution < -0.4 is 0 Å². The van der Waals surface area contributed by atoms with Crippen LogP contribution in [0, 0.1) is 94.3 Å². The van der Waals surface area contributed by atoms with Crippen LogP contribution in [0.15, 0.2) is 182 Å². The molecular weight excluding hydrogens is 1010 g/mol. The van der Waals surface area contributed by atoms with Gasteiger partial charge < -0.3 is 9.13 Å². The first-order valence-electron chi connectivity index (χ1n) is 25.1. The monoisotopic (exact) mass is 1040 g/mol. The Morgan fingerprint density at radius 3 is 0.927 bits per heavy atom. The number of benzene rings is 10. The number of nitriles is 6. The van der Waals surface area contributed by atoms with Gasteiger partial charge in [-0.2, -0.15) is 31.6 Å². The average Bonchev–Trinajstić information content (AvgIpc) is 2.58. The van der Waals surface area contributed by atoms with Crippen LogP contribution in [0.2, 0.25) is 0 Å². The first-order valence-corrected chi connectivity index (χ1v) is 25.1. The standard InChI is InChI=1S/C70H30N12/c1-77-56-22-44(38-74)20-53(26-56)48-9-13-65-61(31-48)60-30-47(52-18-42(36-72)16-43(19-52)37-73)8-12-64(60)81(65)68-24-46(40-76)25-69(70(68)51-7-5-6-41(17-51)35-71)82-66-14-10-49(54-21-45(39-75)23-57(27-54)78-2)32-62(66)63-33-50(11-15-67(63)82)55-28-58(79-3)34-59(29-55)80-4/h5-34H. The van der Waals surface area contributed by atoms with Crippen LogP contribution in [-0.2, 0) is 0 Å². The van der Waals surface area contributed by atoms with E-state index < -0.39 is 0 Å². The molecule has 12 aromatic rings. The SMILES string of the molecule is [C-]#[N+]c1cc(C#N)cc(-c2ccc3c(c2)c2cc(-c4cc(C#N)cc(C#N)c4)ccc2n3-c2cc(C#N)cc(-n3c4ccc(-c5cc(C#N)cc([N+]#[C-])c5)cc4c4cc(-c5cc([N+]#[C-])cc([N+]#[C-])c5)ccc43)c2-c2cccc(C#N)c2)c1. The van der Waals surface area contributed by atoms with Crippen molar-refractivity contribution in [2.24, 2.45) is 0 Å². The molecular formula is C70H30N12. The van der Waals surface area contributed by atoms with Crippen LogP contribution in [0.25, 0.3) is 130 Å². The van der Waals surface area contributed by atoms with Gasteiger partial charge in [-0.25, -0.2) is 19.4 Å². The summed E-state index contributed by atoms with van der Waals surface area (Å²) < 4.78 is 4.17. The van der Waals surface area contributed by atoms with E-state index in [4.69, 9.17) is 26.3 Å². The van der Waals surface area contributed by atoms with Gasteiger partial charge in [-0.1, -0.05) is 54.6 Å². The Morgan fingerprint density at radius 1 is 0.268 bits per heavy atom. The molecule has 0 aliphatic rings. The zero-order valence-electron chi connectivity index (χ0n) is 42.7. The van der Waals surface area contributed by atoms with Gasteiger partial charge in [0.15, 0.2) is 22.7 Å². The molecule has 82 heavy (non-hydrogen) atoms. The van der Waals surface area contributed by atoms with Crippen molar-refractivity contribution in [3.63, 3.8) is 0 Å². The molecule has 12 nitrogen and oxygen atoms in total. The molecule has 0 atom stereocenters. The molecule has 0 aliphatic carbocycles. The molecule has 0 spiro atoms. The number of hydrogen-bond donors (Lipinski definition) is 0. The molecule has 0 saturated carbocycles. The highest BCUT2D eigenvalue weighted by molar-refractivity contribution is 6.14. The van der Waals surface area contributed by atoms with Gasteiger partial charge in [0, 0.05) is 38.2 Å². The summed E-state index contributed by atoms with van der Waals surface area (Å²) in [5, 5.41) is 64.7. The van der Waals surface area contributed by atoms with E-state index in [1.165, 1.54) is 6.07 Å². The Bertz CT molecular complexity index is 4620. The summed E-state index contributed by atoms with van der Waals surface area (Å²) in [6.07, 6.45) is 0. The largest absolute Gasteiger partial charge is 0.308 e. The van der Waals surface area contributed by atoms with Gasteiger partial charge in [0.25, 0.3) is 0 Å². The van der Waals surface area contributed by atoms with Crippen molar-refractivity contribution in [1.29, 1.82) is 31.6 Å². The summed E-state index contributed by atoms with van der Waals surface area (Å²) in [4.78, 5) is 14.6. The number of hydrogen-bond acceptors (Lipinski definition) is 6. The normalized spacial score (nSPS) is 10.6. The van der Waals surface area contributed by atoms with Crippen LogP contribution >= 0.6 is 0 Å². The van der Waals surface area contributed by atoms with Crippen molar-refractivity contribution in [3.8, 4) is 103 Å². The van der Waals surface area contributed by atoms with Gasteiger partial charge in [-0.05, 0) is 177 Å². The lowest BCUT2D eigenvalue weighted by atomic mass is 9.96. The topological polar surface area (TPSA) is 170 Å². The molecule has 0 aliphatic heterocycles. The highest BCUT2D eigenvalue weighted by Gasteiger charge is 2.25. The number of aromatic nitrogens is 2. The van der Waals surface area contributed by atoms with Gasteiger partial charge in [0.2, 0.25) is 0 Å². The first-order chi connectivity index (χ1) is 40.1. The van der Waals surface area contributed by atoms with Crippen LogP contribution in [-0.4, -0.2) is 9.13 Å². The molecule has 12 rings (SSSR count). The van der Waals surface area contributed by atoms with Gasteiger partial charge in [-0.15, -0.1) is 0 Å². The van der Waals surface area contributed by atoms with Crippen LogP contribution in [0.3, 0.4) is 0 Å². The van der Waals surface area contributed by atoms with E-state index in [9.17, 15) is 31.6 Å². The zero-order chi connectivity index (χ0) is 56.8. The van der Waals surface area contributed by atoms with Crippen molar-refractivity contribution in [1.82, 2.24) is 9.13 Å². The molecule has 10 aromatic carbocycles. The van der Waals surface area contributed by atoms with Crippen molar-refractivity contribution in [3.05, 3.63) is 261 Å².